The molecule has 1 N–H and O–H groups in total. The number of aromatic hydroxyl groups is 1. The fourth-order valence-corrected chi connectivity index (χ4v) is 4.14. The van der Waals surface area contributed by atoms with Gasteiger partial charge in [-0.3, -0.25) is 4.79 Å². The lowest BCUT2D eigenvalue weighted by molar-refractivity contribution is 0.260. The van der Waals surface area contributed by atoms with Crippen molar-refractivity contribution in [1.82, 2.24) is 0 Å². The first-order valence-electron chi connectivity index (χ1n) is 14.5. The molecule has 0 fully saturated rings. The maximum absolute atomic E-state index is 13.5. The third-order valence-electron chi connectivity index (χ3n) is 6.54. The summed E-state index contributed by atoms with van der Waals surface area (Å²) in [6.07, 6.45) is 7.54. The number of fused-ring (bicyclic) bond motifs is 1. The van der Waals surface area contributed by atoms with Crippen molar-refractivity contribution in [3.63, 3.8) is 0 Å². The molecule has 0 radical (unpaired) electrons. The molecule has 0 aliphatic heterocycles. The summed E-state index contributed by atoms with van der Waals surface area (Å²) < 4.78 is 30.3. The maximum Gasteiger partial charge on any atom is 0.238 e. The molecule has 7 heteroatoms. The van der Waals surface area contributed by atoms with Gasteiger partial charge in [0.2, 0.25) is 11.2 Å². The number of benzene rings is 2. The van der Waals surface area contributed by atoms with Crippen LogP contribution in [0.4, 0.5) is 0 Å². The number of rotatable bonds is 17. The minimum Gasteiger partial charge on any atom is -0.502 e. The second-order valence-corrected chi connectivity index (χ2v) is 9.78. The molecule has 214 valence electrons. The van der Waals surface area contributed by atoms with Crippen LogP contribution < -0.4 is 24.4 Å². The molecule has 0 saturated carbocycles. The van der Waals surface area contributed by atoms with Gasteiger partial charge >= 0.3 is 0 Å². The van der Waals surface area contributed by atoms with Gasteiger partial charge in [-0.15, -0.1) is 0 Å². The minimum atomic E-state index is -0.547. The van der Waals surface area contributed by atoms with E-state index in [0.717, 1.165) is 56.9 Å². The van der Waals surface area contributed by atoms with Crippen LogP contribution in [0.5, 0.6) is 28.7 Å². The zero-order valence-corrected chi connectivity index (χ0v) is 24.2. The van der Waals surface area contributed by atoms with Crippen LogP contribution in [0.25, 0.3) is 22.3 Å². The normalized spacial score (nSPS) is 11.1. The molecule has 39 heavy (non-hydrogen) atoms. The highest BCUT2D eigenvalue weighted by molar-refractivity contribution is 5.89. The lowest BCUT2D eigenvalue weighted by Gasteiger charge is -2.18. The largest absolute Gasteiger partial charge is 0.502 e. The first-order chi connectivity index (χ1) is 19.0. The summed E-state index contributed by atoms with van der Waals surface area (Å²) in [5, 5.41) is 11.3. The molecule has 0 aliphatic carbocycles. The van der Waals surface area contributed by atoms with Crippen LogP contribution >= 0.6 is 0 Å². The van der Waals surface area contributed by atoms with Gasteiger partial charge in [-0.05, 0) is 44.7 Å². The van der Waals surface area contributed by atoms with E-state index in [1.807, 2.05) is 13.0 Å². The molecule has 3 aromatic rings. The smallest absolute Gasteiger partial charge is 0.238 e. The molecule has 1 heterocycles. The van der Waals surface area contributed by atoms with Gasteiger partial charge in [0, 0.05) is 23.3 Å². The van der Waals surface area contributed by atoms with E-state index in [9.17, 15) is 9.90 Å². The fraction of sp³-hybridized carbons (Fsp3) is 0.531. The molecule has 0 atom stereocenters. The molecule has 7 nitrogen and oxygen atoms in total. The Morgan fingerprint density at radius 3 is 1.92 bits per heavy atom. The third-order valence-corrected chi connectivity index (χ3v) is 6.54. The van der Waals surface area contributed by atoms with E-state index in [4.69, 9.17) is 23.4 Å². The Hall–Kier alpha value is -3.35. The summed E-state index contributed by atoms with van der Waals surface area (Å²) in [4.78, 5) is 13.5. The average molecular weight is 541 g/mol. The highest BCUT2D eigenvalue weighted by Gasteiger charge is 2.23. The van der Waals surface area contributed by atoms with Gasteiger partial charge in [0.1, 0.15) is 22.5 Å². The van der Waals surface area contributed by atoms with Crippen molar-refractivity contribution in [2.75, 3.05) is 26.4 Å². The second-order valence-electron chi connectivity index (χ2n) is 9.78. The van der Waals surface area contributed by atoms with Crippen molar-refractivity contribution in [3.8, 4) is 40.1 Å². The molecular formula is C32H44O7. The fourth-order valence-electron chi connectivity index (χ4n) is 4.14. The zero-order valence-electron chi connectivity index (χ0n) is 24.2. The quantitative estimate of drug-likeness (QED) is 0.173. The van der Waals surface area contributed by atoms with Gasteiger partial charge in [0.05, 0.1) is 26.4 Å². The first kappa shape index (κ1) is 30.2. The Morgan fingerprint density at radius 2 is 1.31 bits per heavy atom. The predicted molar refractivity (Wildman–Crippen MR) is 156 cm³/mol. The summed E-state index contributed by atoms with van der Waals surface area (Å²) in [5.41, 5.74) is 1.04. The van der Waals surface area contributed by atoms with E-state index in [0.29, 0.717) is 60.6 Å². The molecule has 0 unspecified atom stereocenters. The highest BCUT2D eigenvalue weighted by atomic mass is 16.5. The van der Waals surface area contributed by atoms with Crippen molar-refractivity contribution in [2.45, 2.75) is 86.0 Å². The molecule has 0 spiro atoms. The molecular weight excluding hydrogens is 496 g/mol. The molecule has 0 aliphatic rings. The van der Waals surface area contributed by atoms with Crippen LogP contribution in [0.2, 0.25) is 0 Å². The molecule has 0 amide bonds. The van der Waals surface area contributed by atoms with E-state index in [2.05, 4.69) is 27.7 Å². The Morgan fingerprint density at radius 1 is 0.744 bits per heavy atom. The predicted octanol–water partition coefficient (Wildman–Crippen LogP) is 8.19. The maximum atomic E-state index is 13.5. The van der Waals surface area contributed by atoms with Crippen molar-refractivity contribution >= 4 is 11.0 Å². The van der Waals surface area contributed by atoms with Gasteiger partial charge in [-0.25, -0.2) is 0 Å². The van der Waals surface area contributed by atoms with E-state index < -0.39 is 11.2 Å². The van der Waals surface area contributed by atoms with Gasteiger partial charge in [0.15, 0.2) is 17.3 Å². The van der Waals surface area contributed by atoms with Gasteiger partial charge < -0.3 is 28.5 Å². The second kappa shape index (κ2) is 15.3. The molecule has 0 bridgehead atoms. The van der Waals surface area contributed by atoms with E-state index in [-0.39, 0.29) is 11.1 Å². The van der Waals surface area contributed by atoms with Crippen molar-refractivity contribution in [3.05, 3.63) is 40.1 Å². The number of ether oxygens (including phenoxy) is 4. The number of hydrogen-bond acceptors (Lipinski definition) is 7. The Labute approximate surface area is 232 Å². The van der Waals surface area contributed by atoms with Crippen LogP contribution in [0.15, 0.2) is 33.5 Å². The Bertz CT molecular complexity index is 1260. The first-order valence-corrected chi connectivity index (χ1v) is 14.5. The van der Waals surface area contributed by atoms with Crippen LogP contribution in [-0.4, -0.2) is 31.5 Å². The van der Waals surface area contributed by atoms with Crippen LogP contribution in [-0.2, 0) is 0 Å². The molecule has 2 aromatic carbocycles. The van der Waals surface area contributed by atoms with Crippen LogP contribution in [0.3, 0.4) is 0 Å². The van der Waals surface area contributed by atoms with Crippen LogP contribution in [0, 0.1) is 6.92 Å². The Kier molecular flexibility index (Phi) is 11.8. The number of hydrogen-bond donors (Lipinski definition) is 1. The summed E-state index contributed by atoms with van der Waals surface area (Å²) in [5.74, 6) is 1.76. The average Bonchev–Trinajstić information content (AvgIpc) is 2.92. The molecule has 1 aromatic heterocycles. The zero-order chi connectivity index (χ0) is 28.2. The highest BCUT2D eigenvalue weighted by Crippen LogP contribution is 2.42. The summed E-state index contributed by atoms with van der Waals surface area (Å²) in [6.45, 7) is 12.4. The van der Waals surface area contributed by atoms with Gasteiger partial charge in [-0.1, -0.05) is 53.4 Å². The summed E-state index contributed by atoms with van der Waals surface area (Å²) in [6, 6.07) is 7.01. The standard InChI is InChI=1S/C32H44O7/c1-6-10-16-35-23-20-26(37-18-12-8-3)28-27(21-23)39-32(30(34)29(28)33)24-14-15-25(36-17-11-7-2)31(22(24)5)38-19-13-9-4/h14-15,20-21,34H,6-13,16-19H2,1-5H3. The summed E-state index contributed by atoms with van der Waals surface area (Å²) in [7, 11) is 0. The van der Waals surface area contributed by atoms with Crippen LogP contribution in [0.1, 0.15) is 84.6 Å². The van der Waals surface area contributed by atoms with Crippen molar-refractivity contribution in [2.24, 2.45) is 0 Å². The van der Waals surface area contributed by atoms with Crippen molar-refractivity contribution in [1.29, 1.82) is 0 Å². The Balaban J connectivity index is 2.14. The van der Waals surface area contributed by atoms with E-state index in [1.54, 1.807) is 18.2 Å². The SMILES string of the molecule is CCCCOc1cc(OCCCC)c2c(=O)c(O)c(-c3ccc(OCCCC)c(OCCCC)c3C)oc2c1. The van der Waals surface area contributed by atoms with E-state index >= 15 is 0 Å². The van der Waals surface area contributed by atoms with Crippen molar-refractivity contribution < 1.29 is 28.5 Å². The summed E-state index contributed by atoms with van der Waals surface area (Å²) >= 11 is 0. The number of unbranched alkanes of at least 4 members (excludes halogenated alkanes) is 4. The monoisotopic (exact) mass is 540 g/mol. The minimum absolute atomic E-state index is 0.0793. The van der Waals surface area contributed by atoms with E-state index in [1.165, 1.54) is 0 Å². The topological polar surface area (TPSA) is 87.4 Å². The van der Waals surface area contributed by atoms with Gasteiger partial charge in [0.25, 0.3) is 0 Å². The molecule has 3 rings (SSSR count). The lowest BCUT2D eigenvalue weighted by Crippen LogP contribution is -2.08. The molecule has 0 saturated heterocycles. The van der Waals surface area contributed by atoms with Gasteiger partial charge in [-0.2, -0.15) is 0 Å². The third kappa shape index (κ3) is 7.61. The lowest BCUT2D eigenvalue weighted by atomic mass is 10.0.